The van der Waals surface area contributed by atoms with Crippen LogP contribution in [-0.4, -0.2) is 37.2 Å². The van der Waals surface area contributed by atoms with Crippen molar-refractivity contribution in [2.24, 2.45) is 0 Å². The number of rotatable bonds is 7. The number of alkyl halides is 3. The summed E-state index contributed by atoms with van der Waals surface area (Å²) in [5, 5.41) is 0. The number of hydrogen-bond donors (Lipinski definition) is 0. The summed E-state index contributed by atoms with van der Waals surface area (Å²) in [6, 6.07) is 4.16. The monoisotopic (exact) mass is 303 g/mol. The highest BCUT2D eigenvalue weighted by Crippen LogP contribution is 2.25. The lowest BCUT2D eigenvalue weighted by Crippen LogP contribution is -2.30. The van der Waals surface area contributed by atoms with E-state index in [9.17, 15) is 18.0 Å². The fraction of sp³-hybridized carbons (Fsp3) is 0.533. The fourth-order valence-electron chi connectivity index (χ4n) is 1.94. The molecule has 0 aromatic heterocycles. The van der Waals surface area contributed by atoms with Gasteiger partial charge in [-0.25, -0.2) is 0 Å². The Kier molecular flexibility index (Phi) is 6.20. The lowest BCUT2D eigenvalue weighted by Gasteiger charge is -2.23. The van der Waals surface area contributed by atoms with Gasteiger partial charge in [-0.3, -0.25) is 4.79 Å². The molecule has 6 heteroatoms. The molecule has 0 fully saturated rings. The van der Waals surface area contributed by atoms with Crippen molar-refractivity contribution < 1.29 is 22.7 Å². The third-order valence-corrected chi connectivity index (χ3v) is 3.55. The molecule has 1 unspecified atom stereocenters. The van der Waals surface area contributed by atoms with Gasteiger partial charge in [0.05, 0.1) is 0 Å². The summed E-state index contributed by atoms with van der Waals surface area (Å²) in [5.74, 6) is -0.297. The van der Waals surface area contributed by atoms with Crippen LogP contribution in [0.2, 0.25) is 0 Å². The van der Waals surface area contributed by atoms with Gasteiger partial charge in [-0.05, 0) is 50.6 Å². The number of nitrogens with zero attached hydrogens (tertiary/aromatic N) is 1. The molecule has 0 N–H and O–H groups in total. The molecule has 1 rings (SSSR count). The summed E-state index contributed by atoms with van der Waals surface area (Å²) in [7, 11) is 1.95. The van der Waals surface area contributed by atoms with Crippen LogP contribution < -0.4 is 4.74 Å². The molecule has 0 aliphatic rings. The van der Waals surface area contributed by atoms with Crippen molar-refractivity contribution in [2.45, 2.75) is 39.1 Å². The summed E-state index contributed by atoms with van der Waals surface area (Å²) >= 11 is 0. The van der Waals surface area contributed by atoms with Crippen molar-refractivity contribution in [3.8, 4) is 5.75 Å². The van der Waals surface area contributed by atoms with Gasteiger partial charge in [-0.1, -0.05) is 6.92 Å². The van der Waals surface area contributed by atoms with Crippen LogP contribution in [0.5, 0.6) is 5.75 Å². The zero-order valence-corrected chi connectivity index (χ0v) is 12.4. The van der Waals surface area contributed by atoms with Gasteiger partial charge >= 0.3 is 6.36 Å². The van der Waals surface area contributed by atoms with Gasteiger partial charge in [0.15, 0.2) is 0 Å². The van der Waals surface area contributed by atoms with E-state index in [0.717, 1.165) is 12.5 Å². The van der Waals surface area contributed by atoms with Gasteiger partial charge in [-0.2, -0.15) is 0 Å². The van der Waals surface area contributed by atoms with Crippen molar-refractivity contribution in [3.05, 3.63) is 29.3 Å². The predicted octanol–water partition coefficient (Wildman–Crippen LogP) is 3.67. The van der Waals surface area contributed by atoms with Crippen LogP contribution in [0, 0.1) is 0 Å². The van der Waals surface area contributed by atoms with Gasteiger partial charge < -0.3 is 9.64 Å². The molecule has 0 aliphatic carbocycles. The summed E-state index contributed by atoms with van der Waals surface area (Å²) < 4.78 is 40.6. The van der Waals surface area contributed by atoms with E-state index < -0.39 is 6.36 Å². The SMILES string of the molecule is CCC(C)N(C)CCc1cc(OC(F)(F)F)ccc1C=O. The lowest BCUT2D eigenvalue weighted by molar-refractivity contribution is -0.274. The smallest absolute Gasteiger partial charge is 0.406 e. The van der Waals surface area contributed by atoms with E-state index in [2.05, 4.69) is 23.5 Å². The first-order valence-electron chi connectivity index (χ1n) is 6.81. The van der Waals surface area contributed by atoms with Crippen molar-refractivity contribution in [1.82, 2.24) is 4.90 Å². The molecule has 3 nitrogen and oxygen atoms in total. The first kappa shape index (κ1) is 17.5. The second-order valence-electron chi connectivity index (χ2n) is 5.01. The molecule has 21 heavy (non-hydrogen) atoms. The van der Waals surface area contributed by atoms with Gasteiger partial charge in [0, 0.05) is 18.2 Å². The quantitative estimate of drug-likeness (QED) is 0.720. The molecule has 118 valence electrons. The van der Waals surface area contributed by atoms with E-state index >= 15 is 0 Å². The average molecular weight is 303 g/mol. The first-order chi connectivity index (χ1) is 9.76. The number of benzene rings is 1. The summed E-state index contributed by atoms with van der Waals surface area (Å²) in [6.07, 6.45) is -2.61. The Morgan fingerprint density at radius 3 is 2.57 bits per heavy atom. The van der Waals surface area contributed by atoms with E-state index in [-0.39, 0.29) is 5.75 Å². The first-order valence-corrected chi connectivity index (χ1v) is 6.81. The molecule has 0 bridgehead atoms. The van der Waals surface area contributed by atoms with E-state index in [0.29, 0.717) is 36.4 Å². The van der Waals surface area contributed by atoms with E-state index in [1.807, 2.05) is 7.05 Å². The van der Waals surface area contributed by atoms with Crippen LogP contribution in [-0.2, 0) is 6.42 Å². The molecule has 0 saturated carbocycles. The molecule has 1 atom stereocenters. The van der Waals surface area contributed by atoms with Crippen LogP contribution in [0.1, 0.15) is 36.2 Å². The third kappa shape index (κ3) is 5.75. The molecule has 0 saturated heterocycles. The van der Waals surface area contributed by atoms with Gasteiger partial charge in [0.1, 0.15) is 12.0 Å². The summed E-state index contributed by atoms with van der Waals surface area (Å²) in [5.41, 5.74) is 0.948. The van der Waals surface area contributed by atoms with E-state index in [1.54, 1.807) is 0 Å². The Hall–Kier alpha value is -1.56. The molecule has 0 amide bonds. The van der Waals surface area contributed by atoms with E-state index in [1.165, 1.54) is 12.1 Å². The second kappa shape index (κ2) is 7.45. The molecule has 0 aliphatic heterocycles. The second-order valence-corrected chi connectivity index (χ2v) is 5.01. The van der Waals surface area contributed by atoms with Crippen LogP contribution in [0.25, 0.3) is 0 Å². The highest BCUT2D eigenvalue weighted by molar-refractivity contribution is 5.77. The van der Waals surface area contributed by atoms with Gasteiger partial charge in [0.25, 0.3) is 0 Å². The van der Waals surface area contributed by atoms with Gasteiger partial charge in [-0.15, -0.1) is 13.2 Å². The Morgan fingerprint density at radius 1 is 1.38 bits per heavy atom. The third-order valence-electron chi connectivity index (χ3n) is 3.55. The highest BCUT2D eigenvalue weighted by Gasteiger charge is 2.31. The molecule has 1 aromatic carbocycles. The summed E-state index contributed by atoms with van der Waals surface area (Å²) in [6.45, 7) is 4.80. The molecular formula is C15H20F3NO2. The number of aldehydes is 1. The molecule has 0 spiro atoms. The Balaban J connectivity index is 2.83. The minimum atomic E-state index is -4.73. The zero-order valence-electron chi connectivity index (χ0n) is 12.4. The lowest BCUT2D eigenvalue weighted by atomic mass is 10.0. The maximum absolute atomic E-state index is 12.2. The van der Waals surface area contributed by atoms with Crippen molar-refractivity contribution >= 4 is 6.29 Å². The average Bonchev–Trinajstić information content (AvgIpc) is 2.42. The predicted molar refractivity (Wildman–Crippen MR) is 74.6 cm³/mol. The number of hydrogen-bond acceptors (Lipinski definition) is 3. The molecule has 0 radical (unpaired) electrons. The van der Waals surface area contributed by atoms with Crippen molar-refractivity contribution in [2.75, 3.05) is 13.6 Å². The fourth-order valence-corrected chi connectivity index (χ4v) is 1.94. The maximum Gasteiger partial charge on any atom is 0.573 e. The Bertz CT molecular complexity index is 474. The Labute approximate surface area is 122 Å². The number of likely N-dealkylation sites (N-methyl/N-ethyl adjacent to an activating group) is 1. The van der Waals surface area contributed by atoms with Crippen LogP contribution in [0.4, 0.5) is 13.2 Å². The minimum Gasteiger partial charge on any atom is -0.406 e. The van der Waals surface area contributed by atoms with Crippen LogP contribution >= 0.6 is 0 Å². The number of halogens is 3. The molecule has 0 heterocycles. The maximum atomic E-state index is 12.2. The van der Waals surface area contributed by atoms with E-state index in [4.69, 9.17) is 0 Å². The minimum absolute atomic E-state index is 0.297. The van der Waals surface area contributed by atoms with Crippen molar-refractivity contribution in [1.29, 1.82) is 0 Å². The van der Waals surface area contributed by atoms with Crippen molar-refractivity contribution in [3.63, 3.8) is 0 Å². The topological polar surface area (TPSA) is 29.5 Å². The normalized spacial score (nSPS) is 13.3. The zero-order chi connectivity index (χ0) is 16.0. The van der Waals surface area contributed by atoms with Crippen LogP contribution in [0.15, 0.2) is 18.2 Å². The van der Waals surface area contributed by atoms with Gasteiger partial charge in [0.2, 0.25) is 0 Å². The molecule has 1 aromatic rings. The number of carbonyl (C=O) groups is 1. The van der Waals surface area contributed by atoms with Crippen LogP contribution in [0.3, 0.4) is 0 Å². The largest absolute Gasteiger partial charge is 0.573 e. The summed E-state index contributed by atoms with van der Waals surface area (Å²) in [4.78, 5) is 13.1. The number of carbonyl (C=O) groups excluding carboxylic acids is 1. The Morgan fingerprint density at radius 2 is 2.05 bits per heavy atom. The highest BCUT2D eigenvalue weighted by atomic mass is 19.4. The molecular weight excluding hydrogens is 283 g/mol. The number of ether oxygens (including phenoxy) is 1. The standard InChI is InChI=1S/C15H20F3NO2/c1-4-11(2)19(3)8-7-12-9-14(21-15(16,17)18)6-5-13(12)10-20/h5-6,9-11H,4,7-8H2,1-3H3.